The fourth-order valence-electron chi connectivity index (χ4n) is 4.82. The van der Waals surface area contributed by atoms with Gasteiger partial charge in [0.1, 0.15) is 16.3 Å². The van der Waals surface area contributed by atoms with Crippen LogP contribution in [0, 0.1) is 32.6 Å². The molecule has 0 aliphatic heterocycles. The molecule has 2 unspecified atom stereocenters. The van der Waals surface area contributed by atoms with Gasteiger partial charge in [-0.1, -0.05) is 36.8 Å². The summed E-state index contributed by atoms with van der Waals surface area (Å²) in [5, 5.41) is 28.2. The molecule has 4 N–H and O–H groups in total. The van der Waals surface area contributed by atoms with Gasteiger partial charge in [0.15, 0.2) is 0 Å². The molecule has 200 valence electrons. The van der Waals surface area contributed by atoms with Crippen LogP contribution in [-0.2, 0) is 0 Å². The number of fused-ring (bicyclic) bond motifs is 1. The van der Waals surface area contributed by atoms with Gasteiger partial charge in [0.2, 0.25) is 5.95 Å². The molecule has 4 aromatic rings. The van der Waals surface area contributed by atoms with Crippen molar-refractivity contribution in [1.82, 2.24) is 19.9 Å². The van der Waals surface area contributed by atoms with Crippen LogP contribution in [0.2, 0.25) is 0 Å². The standard InChI is InChI=1S/C29H36N6O2S/c1-5-19(15-36)22(37)14-31-27-24(28-33-25-18(4)30-13-12-23(25)38-28)17(3)32-29(35-27)34-26(21-10-11-21)20-8-6-16(2)7-9-20/h6-9,12-13,19,21-22,26,36-37H,5,10-11,14-15H2,1-4H3,(H2,31,32,34,35)/t19?,22-,26?/m0/s1. The average molecular weight is 533 g/mol. The Hall–Kier alpha value is -3.14. The maximum Gasteiger partial charge on any atom is 0.225 e. The number of aryl methyl sites for hydroxylation is 3. The van der Waals surface area contributed by atoms with E-state index in [0.29, 0.717) is 24.1 Å². The minimum atomic E-state index is -0.710. The minimum absolute atomic E-state index is 0.0639. The first-order valence-corrected chi connectivity index (χ1v) is 14.2. The summed E-state index contributed by atoms with van der Waals surface area (Å²) in [5.74, 6) is 1.52. The van der Waals surface area contributed by atoms with E-state index in [1.165, 1.54) is 24.0 Å². The lowest BCUT2D eigenvalue weighted by Crippen LogP contribution is -2.30. The van der Waals surface area contributed by atoms with Crippen LogP contribution in [0.1, 0.15) is 54.7 Å². The van der Waals surface area contributed by atoms with Crippen LogP contribution in [-0.4, -0.2) is 49.4 Å². The first-order valence-electron chi connectivity index (χ1n) is 13.3. The van der Waals surface area contributed by atoms with Crippen LogP contribution in [0.15, 0.2) is 36.5 Å². The van der Waals surface area contributed by atoms with E-state index in [4.69, 9.17) is 15.0 Å². The molecule has 1 aromatic carbocycles. The first kappa shape index (κ1) is 26.5. The van der Waals surface area contributed by atoms with Gasteiger partial charge in [-0.3, -0.25) is 4.98 Å². The zero-order valence-electron chi connectivity index (χ0n) is 22.4. The van der Waals surface area contributed by atoms with Gasteiger partial charge in [0, 0.05) is 25.3 Å². The molecule has 8 nitrogen and oxygen atoms in total. The maximum atomic E-state index is 10.7. The highest BCUT2D eigenvalue weighted by molar-refractivity contribution is 7.21. The van der Waals surface area contributed by atoms with Crippen molar-refractivity contribution >= 4 is 33.3 Å². The Morgan fingerprint density at radius 2 is 1.79 bits per heavy atom. The number of pyridine rings is 1. The zero-order valence-corrected chi connectivity index (χ0v) is 23.2. The van der Waals surface area contributed by atoms with Crippen molar-refractivity contribution in [2.45, 2.75) is 59.1 Å². The Labute approximate surface area is 227 Å². The predicted molar refractivity (Wildman–Crippen MR) is 154 cm³/mol. The molecule has 0 spiro atoms. The Morgan fingerprint density at radius 3 is 2.45 bits per heavy atom. The van der Waals surface area contributed by atoms with Gasteiger partial charge >= 0.3 is 0 Å². The van der Waals surface area contributed by atoms with E-state index >= 15 is 0 Å². The summed E-state index contributed by atoms with van der Waals surface area (Å²) < 4.78 is 1.06. The molecule has 1 saturated carbocycles. The molecular weight excluding hydrogens is 496 g/mol. The van der Waals surface area contributed by atoms with Crippen LogP contribution in [0.5, 0.6) is 0 Å². The second kappa shape index (κ2) is 11.3. The summed E-state index contributed by atoms with van der Waals surface area (Å²) in [4.78, 5) is 19.1. The van der Waals surface area contributed by atoms with Gasteiger partial charge < -0.3 is 20.8 Å². The number of nitrogens with zero attached hydrogens (tertiary/aromatic N) is 4. The Morgan fingerprint density at radius 1 is 1.03 bits per heavy atom. The summed E-state index contributed by atoms with van der Waals surface area (Å²) in [6.07, 6.45) is 4.13. The number of hydrogen-bond acceptors (Lipinski definition) is 9. The highest BCUT2D eigenvalue weighted by atomic mass is 32.1. The van der Waals surface area contributed by atoms with Crippen molar-refractivity contribution in [1.29, 1.82) is 0 Å². The van der Waals surface area contributed by atoms with Crippen LogP contribution >= 0.6 is 11.3 Å². The van der Waals surface area contributed by atoms with E-state index < -0.39 is 6.10 Å². The third kappa shape index (κ3) is 5.65. The highest BCUT2D eigenvalue weighted by Gasteiger charge is 2.33. The second-order valence-electron chi connectivity index (χ2n) is 10.3. The molecule has 0 bridgehead atoms. The zero-order chi connectivity index (χ0) is 26.8. The van der Waals surface area contributed by atoms with Crippen LogP contribution < -0.4 is 10.6 Å². The van der Waals surface area contributed by atoms with Gasteiger partial charge in [0.05, 0.1) is 33.8 Å². The van der Waals surface area contributed by atoms with Crippen molar-refractivity contribution < 1.29 is 10.2 Å². The Balaban J connectivity index is 1.52. The largest absolute Gasteiger partial charge is 0.396 e. The van der Waals surface area contributed by atoms with Crippen molar-refractivity contribution in [3.63, 3.8) is 0 Å². The molecular formula is C29H36N6O2S. The summed E-state index contributed by atoms with van der Waals surface area (Å²) in [5.41, 5.74) is 5.84. The van der Waals surface area contributed by atoms with E-state index in [2.05, 4.69) is 46.8 Å². The third-order valence-electron chi connectivity index (χ3n) is 7.39. The van der Waals surface area contributed by atoms with Gasteiger partial charge in [-0.2, -0.15) is 4.98 Å². The average Bonchev–Trinajstić information content (AvgIpc) is 3.65. The summed E-state index contributed by atoms with van der Waals surface area (Å²) in [6.45, 7) is 8.19. The number of thiazole rings is 1. The van der Waals surface area contributed by atoms with Gasteiger partial charge in [0.25, 0.3) is 0 Å². The number of hydrogen-bond donors (Lipinski definition) is 4. The van der Waals surface area contributed by atoms with E-state index in [1.54, 1.807) is 17.5 Å². The Kier molecular flexibility index (Phi) is 7.88. The van der Waals surface area contributed by atoms with Crippen LogP contribution in [0.3, 0.4) is 0 Å². The smallest absolute Gasteiger partial charge is 0.225 e. The molecule has 1 aliphatic carbocycles. The van der Waals surface area contributed by atoms with Crippen molar-refractivity contribution in [2.24, 2.45) is 11.8 Å². The SMILES string of the molecule is CCC(CO)[C@@H](O)CNc1nc(NC(c2ccc(C)cc2)C2CC2)nc(C)c1-c1nc2c(C)nccc2s1. The number of aliphatic hydroxyl groups is 2. The molecule has 3 heterocycles. The lowest BCUT2D eigenvalue weighted by Gasteiger charge is -2.23. The number of aliphatic hydroxyl groups excluding tert-OH is 2. The van der Waals surface area contributed by atoms with Gasteiger partial charge in [-0.05, 0) is 57.6 Å². The van der Waals surface area contributed by atoms with E-state index in [9.17, 15) is 10.2 Å². The van der Waals surface area contributed by atoms with E-state index in [-0.39, 0.29) is 25.1 Å². The fourth-order valence-corrected chi connectivity index (χ4v) is 5.93. The second-order valence-corrected chi connectivity index (χ2v) is 11.3. The highest BCUT2D eigenvalue weighted by Crippen LogP contribution is 2.43. The van der Waals surface area contributed by atoms with Crippen molar-refractivity contribution in [3.8, 4) is 10.6 Å². The molecule has 38 heavy (non-hydrogen) atoms. The normalized spacial score (nSPS) is 15.8. The quantitative estimate of drug-likeness (QED) is 0.202. The lowest BCUT2D eigenvalue weighted by atomic mass is 10.0. The minimum Gasteiger partial charge on any atom is -0.396 e. The van der Waals surface area contributed by atoms with E-state index in [0.717, 1.165) is 32.2 Å². The summed E-state index contributed by atoms with van der Waals surface area (Å²) in [6, 6.07) is 10.8. The van der Waals surface area contributed by atoms with Crippen LogP contribution in [0.25, 0.3) is 20.8 Å². The molecule has 5 rings (SSSR count). The number of benzene rings is 1. The molecule has 3 aromatic heterocycles. The topological polar surface area (TPSA) is 116 Å². The predicted octanol–water partition coefficient (Wildman–Crippen LogP) is 5.43. The number of aromatic nitrogens is 4. The molecule has 9 heteroatoms. The summed E-state index contributed by atoms with van der Waals surface area (Å²) >= 11 is 1.58. The number of nitrogens with one attached hydrogen (secondary N) is 2. The van der Waals surface area contributed by atoms with Crippen molar-refractivity contribution in [3.05, 3.63) is 59.0 Å². The van der Waals surface area contributed by atoms with Crippen LogP contribution in [0.4, 0.5) is 11.8 Å². The molecule has 0 radical (unpaired) electrons. The maximum absolute atomic E-state index is 10.7. The monoisotopic (exact) mass is 532 g/mol. The van der Waals surface area contributed by atoms with Gasteiger partial charge in [-0.25, -0.2) is 9.97 Å². The number of rotatable bonds is 11. The first-order chi connectivity index (χ1) is 18.4. The Bertz CT molecular complexity index is 1400. The molecule has 0 amide bonds. The lowest BCUT2D eigenvalue weighted by molar-refractivity contribution is 0.0742. The molecule has 3 atom stereocenters. The fraction of sp³-hybridized carbons (Fsp3) is 0.448. The molecule has 1 fully saturated rings. The van der Waals surface area contributed by atoms with E-state index in [1.807, 2.05) is 26.8 Å². The number of anilines is 2. The van der Waals surface area contributed by atoms with Crippen molar-refractivity contribution in [2.75, 3.05) is 23.8 Å². The van der Waals surface area contributed by atoms with Gasteiger partial charge in [-0.15, -0.1) is 11.3 Å². The molecule has 1 aliphatic rings. The summed E-state index contributed by atoms with van der Waals surface area (Å²) in [7, 11) is 0. The third-order valence-corrected chi connectivity index (χ3v) is 8.43. The molecule has 0 saturated heterocycles.